The number of carbonyl (C=O) groups is 1. The smallest absolute Gasteiger partial charge is 0.252 e. The van der Waals surface area contributed by atoms with Crippen molar-refractivity contribution >= 4 is 29.0 Å². The van der Waals surface area contributed by atoms with Gasteiger partial charge < -0.3 is 14.8 Å². The van der Waals surface area contributed by atoms with Gasteiger partial charge in [0.2, 0.25) is 0 Å². The van der Waals surface area contributed by atoms with Crippen LogP contribution >= 0.6 is 23.1 Å². The molecular formula is C21H20N2O3S2. The molecule has 0 spiro atoms. The van der Waals surface area contributed by atoms with Crippen LogP contribution in [0, 0.1) is 0 Å². The standard InChI is InChI=1S/C21H20N2O3S2/c24-21(17-3-1-2-4-20(17)28-13-16-12-27-14-23-16)22-8-7-15-5-6-18-19(11-15)26-10-9-25-18/h1-6,11-12,14H,7-10,13H2,(H,22,24). The molecule has 0 aliphatic carbocycles. The lowest BCUT2D eigenvalue weighted by Crippen LogP contribution is -2.26. The Kier molecular flexibility index (Phi) is 6.14. The average molecular weight is 413 g/mol. The molecule has 0 radical (unpaired) electrons. The van der Waals surface area contributed by atoms with Crippen molar-refractivity contribution in [2.24, 2.45) is 0 Å². The first-order chi connectivity index (χ1) is 13.8. The summed E-state index contributed by atoms with van der Waals surface area (Å²) in [5.74, 6) is 2.26. The lowest BCUT2D eigenvalue weighted by molar-refractivity contribution is 0.0951. The zero-order chi connectivity index (χ0) is 19.2. The van der Waals surface area contributed by atoms with Crippen LogP contribution in [-0.2, 0) is 12.2 Å². The minimum absolute atomic E-state index is 0.0566. The van der Waals surface area contributed by atoms with E-state index in [2.05, 4.69) is 10.3 Å². The molecule has 2 heterocycles. The van der Waals surface area contributed by atoms with Gasteiger partial charge in [-0.3, -0.25) is 4.79 Å². The highest BCUT2D eigenvalue weighted by atomic mass is 32.2. The number of benzene rings is 2. The molecule has 0 bridgehead atoms. The minimum atomic E-state index is -0.0566. The van der Waals surface area contributed by atoms with Crippen LogP contribution in [0.2, 0.25) is 0 Å². The predicted molar refractivity (Wildman–Crippen MR) is 112 cm³/mol. The van der Waals surface area contributed by atoms with E-state index >= 15 is 0 Å². The summed E-state index contributed by atoms with van der Waals surface area (Å²) in [6.07, 6.45) is 0.733. The number of nitrogens with one attached hydrogen (secondary N) is 1. The van der Waals surface area contributed by atoms with E-state index in [1.165, 1.54) is 0 Å². The van der Waals surface area contributed by atoms with Crippen molar-refractivity contribution in [1.82, 2.24) is 10.3 Å². The van der Waals surface area contributed by atoms with E-state index in [0.717, 1.165) is 39.8 Å². The maximum Gasteiger partial charge on any atom is 0.252 e. The van der Waals surface area contributed by atoms with Crippen LogP contribution in [0.15, 0.2) is 58.3 Å². The number of thiazole rings is 1. The first-order valence-electron chi connectivity index (χ1n) is 9.05. The van der Waals surface area contributed by atoms with E-state index in [-0.39, 0.29) is 5.91 Å². The van der Waals surface area contributed by atoms with E-state index in [0.29, 0.717) is 25.3 Å². The highest BCUT2D eigenvalue weighted by Gasteiger charge is 2.13. The van der Waals surface area contributed by atoms with Gasteiger partial charge in [-0.15, -0.1) is 23.1 Å². The molecule has 0 atom stereocenters. The summed E-state index contributed by atoms with van der Waals surface area (Å²) in [5, 5.41) is 5.05. The van der Waals surface area contributed by atoms with Gasteiger partial charge in [-0.25, -0.2) is 4.98 Å². The van der Waals surface area contributed by atoms with Crippen LogP contribution < -0.4 is 14.8 Å². The summed E-state index contributed by atoms with van der Waals surface area (Å²) in [6.45, 7) is 1.72. The molecule has 1 aliphatic heterocycles. The lowest BCUT2D eigenvalue weighted by Gasteiger charge is -2.19. The van der Waals surface area contributed by atoms with Crippen LogP contribution in [0.5, 0.6) is 11.5 Å². The summed E-state index contributed by atoms with van der Waals surface area (Å²) >= 11 is 3.21. The third-order valence-corrected chi connectivity index (χ3v) is 6.04. The van der Waals surface area contributed by atoms with E-state index in [1.54, 1.807) is 23.1 Å². The van der Waals surface area contributed by atoms with Crippen LogP contribution in [-0.4, -0.2) is 30.6 Å². The van der Waals surface area contributed by atoms with Gasteiger partial charge in [0, 0.05) is 22.6 Å². The second-order valence-electron chi connectivity index (χ2n) is 6.25. The Balaban J connectivity index is 1.34. The Bertz CT molecular complexity index is 945. The number of carbonyl (C=O) groups excluding carboxylic acids is 1. The van der Waals surface area contributed by atoms with E-state index in [4.69, 9.17) is 9.47 Å². The number of hydrogen-bond acceptors (Lipinski definition) is 6. The third-order valence-electron chi connectivity index (χ3n) is 4.30. The Morgan fingerprint density at radius 3 is 2.86 bits per heavy atom. The topological polar surface area (TPSA) is 60.5 Å². The van der Waals surface area contributed by atoms with Crippen LogP contribution in [0.3, 0.4) is 0 Å². The predicted octanol–water partition coefficient (Wildman–Crippen LogP) is 4.18. The Morgan fingerprint density at radius 1 is 1.14 bits per heavy atom. The van der Waals surface area contributed by atoms with Crippen molar-refractivity contribution in [2.75, 3.05) is 19.8 Å². The minimum Gasteiger partial charge on any atom is -0.486 e. The summed E-state index contributed by atoms with van der Waals surface area (Å²) < 4.78 is 11.2. The molecule has 2 aromatic carbocycles. The van der Waals surface area contributed by atoms with Crippen molar-refractivity contribution in [3.8, 4) is 11.5 Å². The number of hydrogen-bond donors (Lipinski definition) is 1. The summed E-state index contributed by atoms with van der Waals surface area (Å²) in [6, 6.07) is 13.6. The molecular weight excluding hydrogens is 392 g/mol. The molecule has 7 heteroatoms. The van der Waals surface area contributed by atoms with Crippen LogP contribution in [0.1, 0.15) is 21.6 Å². The second-order valence-corrected chi connectivity index (χ2v) is 7.98. The third kappa shape index (κ3) is 4.66. The van der Waals surface area contributed by atoms with Gasteiger partial charge >= 0.3 is 0 Å². The average Bonchev–Trinajstić information content (AvgIpc) is 3.26. The molecule has 0 unspecified atom stereocenters. The Labute approximate surface area is 172 Å². The Hall–Kier alpha value is -2.51. The van der Waals surface area contributed by atoms with Crippen molar-refractivity contribution in [3.63, 3.8) is 0 Å². The second kappa shape index (κ2) is 9.12. The molecule has 3 aromatic rings. The number of ether oxygens (including phenoxy) is 2. The van der Waals surface area contributed by atoms with Gasteiger partial charge in [-0.2, -0.15) is 0 Å². The molecule has 1 aliphatic rings. The number of nitrogens with zero attached hydrogens (tertiary/aromatic N) is 1. The van der Waals surface area contributed by atoms with Gasteiger partial charge in [0.05, 0.1) is 16.8 Å². The maximum atomic E-state index is 12.7. The first kappa shape index (κ1) is 18.8. The van der Waals surface area contributed by atoms with Crippen molar-refractivity contribution in [3.05, 3.63) is 70.2 Å². The van der Waals surface area contributed by atoms with Gasteiger partial charge in [0.25, 0.3) is 5.91 Å². The van der Waals surface area contributed by atoms with Gasteiger partial charge in [-0.1, -0.05) is 18.2 Å². The molecule has 28 heavy (non-hydrogen) atoms. The van der Waals surface area contributed by atoms with E-state index < -0.39 is 0 Å². The number of aromatic nitrogens is 1. The number of thioether (sulfide) groups is 1. The quantitative estimate of drug-likeness (QED) is 0.590. The normalized spacial score (nSPS) is 12.6. The van der Waals surface area contributed by atoms with Crippen LogP contribution in [0.4, 0.5) is 0 Å². The molecule has 0 fully saturated rings. The zero-order valence-corrected chi connectivity index (χ0v) is 16.9. The fourth-order valence-electron chi connectivity index (χ4n) is 2.90. The van der Waals surface area contributed by atoms with Crippen molar-refractivity contribution in [1.29, 1.82) is 0 Å². The fraction of sp³-hybridized carbons (Fsp3) is 0.238. The zero-order valence-electron chi connectivity index (χ0n) is 15.2. The lowest BCUT2D eigenvalue weighted by atomic mass is 10.1. The van der Waals surface area contributed by atoms with E-state index in [1.807, 2.05) is 53.4 Å². The first-order valence-corrected chi connectivity index (χ1v) is 11.0. The number of fused-ring (bicyclic) bond motifs is 1. The molecule has 1 aromatic heterocycles. The Morgan fingerprint density at radius 2 is 2.00 bits per heavy atom. The molecule has 1 N–H and O–H groups in total. The SMILES string of the molecule is O=C(NCCc1ccc2c(c1)OCCO2)c1ccccc1SCc1cscn1. The molecule has 1 amide bonds. The number of amides is 1. The highest BCUT2D eigenvalue weighted by Crippen LogP contribution is 2.31. The van der Waals surface area contributed by atoms with Crippen molar-refractivity contribution < 1.29 is 14.3 Å². The largest absolute Gasteiger partial charge is 0.486 e. The number of rotatable bonds is 7. The highest BCUT2D eigenvalue weighted by molar-refractivity contribution is 7.98. The summed E-state index contributed by atoms with van der Waals surface area (Å²) in [5.41, 5.74) is 4.66. The van der Waals surface area contributed by atoms with E-state index in [9.17, 15) is 4.79 Å². The summed E-state index contributed by atoms with van der Waals surface area (Å²) in [7, 11) is 0. The fourth-order valence-corrected chi connectivity index (χ4v) is 4.52. The van der Waals surface area contributed by atoms with Gasteiger partial charge in [-0.05, 0) is 36.2 Å². The molecule has 144 valence electrons. The molecule has 5 nitrogen and oxygen atoms in total. The van der Waals surface area contributed by atoms with Gasteiger partial charge in [0.1, 0.15) is 13.2 Å². The molecule has 4 rings (SSSR count). The molecule has 0 saturated carbocycles. The molecule has 0 saturated heterocycles. The van der Waals surface area contributed by atoms with Gasteiger partial charge in [0.15, 0.2) is 11.5 Å². The van der Waals surface area contributed by atoms with Crippen molar-refractivity contribution in [2.45, 2.75) is 17.1 Å². The summed E-state index contributed by atoms with van der Waals surface area (Å²) in [4.78, 5) is 17.9. The monoisotopic (exact) mass is 412 g/mol. The van der Waals surface area contributed by atoms with Crippen LogP contribution in [0.25, 0.3) is 0 Å². The maximum absolute atomic E-state index is 12.7.